The van der Waals surface area contributed by atoms with Gasteiger partial charge < -0.3 is 15.1 Å². The van der Waals surface area contributed by atoms with Crippen molar-refractivity contribution in [2.45, 2.75) is 6.42 Å². The molecule has 1 N–H and O–H groups in total. The highest BCUT2D eigenvalue weighted by atomic mass is 32.2. The number of amides is 2. The van der Waals surface area contributed by atoms with Crippen LogP contribution in [-0.4, -0.2) is 65.9 Å². The second-order valence-electron chi connectivity index (χ2n) is 5.46. The first-order chi connectivity index (χ1) is 11.7. The molecule has 0 aromatic carbocycles. The number of carbonyl (C=O) groups excluding carboxylic acids is 2. The van der Waals surface area contributed by atoms with Gasteiger partial charge in [-0.15, -0.1) is 18.3 Å². The lowest BCUT2D eigenvalue weighted by molar-refractivity contribution is -0.131. The lowest BCUT2D eigenvalue weighted by Crippen LogP contribution is -2.49. The van der Waals surface area contributed by atoms with Crippen molar-refractivity contribution in [2.24, 2.45) is 0 Å². The molecule has 7 heteroatoms. The number of rotatable bonds is 8. The van der Waals surface area contributed by atoms with Gasteiger partial charge in [0.15, 0.2) is 0 Å². The number of hydrogen-bond donors (Lipinski definition) is 1. The summed E-state index contributed by atoms with van der Waals surface area (Å²) in [5, 5.41) is 2.78. The van der Waals surface area contributed by atoms with Crippen molar-refractivity contribution in [2.75, 3.05) is 49.1 Å². The molecule has 0 atom stereocenters. The minimum absolute atomic E-state index is 0.0328. The molecule has 0 aliphatic carbocycles. The van der Waals surface area contributed by atoms with Crippen LogP contribution < -0.4 is 10.2 Å². The fraction of sp³-hybridized carbons (Fsp3) is 0.471. The van der Waals surface area contributed by atoms with Gasteiger partial charge in [-0.05, 0) is 12.1 Å². The van der Waals surface area contributed by atoms with Crippen LogP contribution in [0.3, 0.4) is 0 Å². The van der Waals surface area contributed by atoms with Gasteiger partial charge in [0.25, 0.3) is 0 Å². The van der Waals surface area contributed by atoms with Crippen molar-refractivity contribution in [3.63, 3.8) is 0 Å². The number of thioether (sulfide) groups is 1. The van der Waals surface area contributed by atoms with E-state index in [2.05, 4.69) is 21.8 Å². The Hall–Kier alpha value is -2.02. The number of pyridine rings is 1. The van der Waals surface area contributed by atoms with Crippen LogP contribution in [0.25, 0.3) is 0 Å². The molecule has 1 aliphatic rings. The van der Waals surface area contributed by atoms with E-state index in [9.17, 15) is 9.59 Å². The van der Waals surface area contributed by atoms with Crippen molar-refractivity contribution in [3.05, 3.63) is 37.1 Å². The number of nitrogens with one attached hydrogen (secondary N) is 1. The first kappa shape index (κ1) is 18.3. The molecule has 2 amide bonds. The molecule has 0 unspecified atom stereocenters. The highest BCUT2D eigenvalue weighted by Crippen LogP contribution is 2.12. The van der Waals surface area contributed by atoms with Crippen molar-refractivity contribution in [1.82, 2.24) is 15.2 Å². The largest absolute Gasteiger partial charge is 0.355 e. The van der Waals surface area contributed by atoms with Gasteiger partial charge in [-0.25, -0.2) is 4.98 Å². The Kier molecular flexibility index (Phi) is 7.61. The molecule has 1 aromatic rings. The quantitative estimate of drug-likeness (QED) is 0.564. The Balaban J connectivity index is 1.64. The molecule has 0 radical (unpaired) electrons. The van der Waals surface area contributed by atoms with E-state index in [0.717, 1.165) is 24.7 Å². The Labute approximate surface area is 147 Å². The van der Waals surface area contributed by atoms with Crippen LogP contribution in [0.5, 0.6) is 0 Å². The van der Waals surface area contributed by atoms with Gasteiger partial charge in [0.05, 0.1) is 5.75 Å². The summed E-state index contributed by atoms with van der Waals surface area (Å²) >= 11 is 1.51. The van der Waals surface area contributed by atoms with Gasteiger partial charge in [0, 0.05) is 51.1 Å². The predicted molar refractivity (Wildman–Crippen MR) is 98.2 cm³/mol. The molecular formula is C17H24N4O2S. The summed E-state index contributed by atoms with van der Waals surface area (Å²) in [7, 11) is 0. The zero-order chi connectivity index (χ0) is 17.2. The average Bonchev–Trinajstić information content (AvgIpc) is 2.63. The molecule has 0 spiro atoms. The number of aromatic nitrogens is 1. The number of piperazine rings is 1. The van der Waals surface area contributed by atoms with Crippen LogP contribution in [0.15, 0.2) is 37.1 Å². The number of nitrogens with zero attached hydrogens (tertiary/aromatic N) is 3. The van der Waals surface area contributed by atoms with Gasteiger partial charge in [-0.2, -0.15) is 0 Å². The molecule has 1 aromatic heterocycles. The Morgan fingerprint density at radius 2 is 2.08 bits per heavy atom. The minimum atomic E-state index is -0.0328. The number of carbonyl (C=O) groups is 2. The third-order valence-electron chi connectivity index (χ3n) is 3.74. The summed E-state index contributed by atoms with van der Waals surface area (Å²) in [6, 6.07) is 5.85. The molecule has 24 heavy (non-hydrogen) atoms. The molecule has 0 bridgehead atoms. The fourth-order valence-corrected chi connectivity index (χ4v) is 3.05. The molecule has 1 saturated heterocycles. The summed E-state index contributed by atoms with van der Waals surface area (Å²) in [5.41, 5.74) is 0. The minimum Gasteiger partial charge on any atom is -0.355 e. The van der Waals surface area contributed by atoms with Gasteiger partial charge in [0.1, 0.15) is 5.82 Å². The van der Waals surface area contributed by atoms with Crippen LogP contribution >= 0.6 is 11.8 Å². The second-order valence-corrected chi connectivity index (χ2v) is 6.49. The second kappa shape index (κ2) is 9.97. The lowest BCUT2D eigenvalue weighted by atomic mass is 10.2. The predicted octanol–water partition coefficient (Wildman–Crippen LogP) is 1.16. The van der Waals surface area contributed by atoms with E-state index in [4.69, 9.17) is 0 Å². The highest BCUT2D eigenvalue weighted by molar-refractivity contribution is 8.00. The highest BCUT2D eigenvalue weighted by Gasteiger charge is 2.21. The SMILES string of the molecule is C=CCSCC(=O)NCCC(=O)N1CCN(c2ccccn2)CC1. The van der Waals surface area contributed by atoms with Crippen LogP contribution in [0, 0.1) is 0 Å². The van der Waals surface area contributed by atoms with Gasteiger partial charge in [-0.1, -0.05) is 12.1 Å². The number of anilines is 1. The van der Waals surface area contributed by atoms with Crippen molar-refractivity contribution in [3.8, 4) is 0 Å². The van der Waals surface area contributed by atoms with E-state index in [0.29, 0.717) is 31.8 Å². The third kappa shape index (κ3) is 5.88. The van der Waals surface area contributed by atoms with Crippen LogP contribution in [0.1, 0.15) is 6.42 Å². The van der Waals surface area contributed by atoms with E-state index in [1.807, 2.05) is 23.1 Å². The third-order valence-corrected chi connectivity index (χ3v) is 4.67. The lowest BCUT2D eigenvalue weighted by Gasteiger charge is -2.35. The first-order valence-corrected chi connectivity index (χ1v) is 9.25. The topological polar surface area (TPSA) is 65.5 Å². The molecule has 2 heterocycles. The molecule has 0 saturated carbocycles. The molecule has 1 fully saturated rings. The van der Waals surface area contributed by atoms with Crippen molar-refractivity contribution >= 4 is 29.4 Å². The van der Waals surface area contributed by atoms with E-state index in [-0.39, 0.29) is 11.8 Å². The Bertz CT molecular complexity index is 545. The summed E-state index contributed by atoms with van der Waals surface area (Å²) in [6.45, 7) is 6.96. The normalized spacial score (nSPS) is 14.3. The number of hydrogen-bond acceptors (Lipinski definition) is 5. The molecule has 1 aliphatic heterocycles. The summed E-state index contributed by atoms with van der Waals surface area (Å²) in [4.78, 5) is 32.2. The maximum atomic E-state index is 12.2. The van der Waals surface area contributed by atoms with Crippen LogP contribution in [0.2, 0.25) is 0 Å². The van der Waals surface area contributed by atoms with E-state index < -0.39 is 0 Å². The maximum Gasteiger partial charge on any atom is 0.230 e. The van der Waals surface area contributed by atoms with Gasteiger partial charge >= 0.3 is 0 Å². The summed E-state index contributed by atoms with van der Waals surface area (Å²) in [6.07, 6.45) is 3.90. The Morgan fingerprint density at radius 3 is 2.75 bits per heavy atom. The van der Waals surface area contributed by atoms with E-state index in [1.54, 1.807) is 12.3 Å². The summed E-state index contributed by atoms with van der Waals surface area (Å²) in [5.74, 6) is 2.17. The van der Waals surface area contributed by atoms with E-state index in [1.165, 1.54) is 11.8 Å². The standard InChI is InChI=1S/C17H24N4O2S/c1-2-13-24-14-16(22)19-8-6-17(23)21-11-9-20(10-12-21)15-5-3-4-7-18-15/h2-5,7H,1,6,8-14H2,(H,19,22). The average molecular weight is 348 g/mol. The zero-order valence-corrected chi connectivity index (χ0v) is 14.6. The maximum absolute atomic E-state index is 12.2. The van der Waals surface area contributed by atoms with Crippen LogP contribution in [0.4, 0.5) is 5.82 Å². The molecule has 6 nitrogen and oxygen atoms in total. The first-order valence-electron chi connectivity index (χ1n) is 8.10. The van der Waals surface area contributed by atoms with Crippen molar-refractivity contribution in [1.29, 1.82) is 0 Å². The Morgan fingerprint density at radius 1 is 1.29 bits per heavy atom. The zero-order valence-electron chi connectivity index (χ0n) is 13.8. The smallest absolute Gasteiger partial charge is 0.230 e. The fourth-order valence-electron chi connectivity index (χ4n) is 2.48. The molecular weight excluding hydrogens is 324 g/mol. The molecule has 2 rings (SSSR count). The monoisotopic (exact) mass is 348 g/mol. The van der Waals surface area contributed by atoms with Crippen molar-refractivity contribution < 1.29 is 9.59 Å². The van der Waals surface area contributed by atoms with E-state index >= 15 is 0 Å². The molecule has 130 valence electrons. The summed E-state index contributed by atoms with van der Waals surface area (Å²) < 4.78 is 0. The van der Waals surface area contributed by atoms with Gasteiger partial charge in [0.2, 0.25) is 11.8 Å². The van der Waals surface area contributed by atoms with Gasteiger partial charge in [-0.3, -0.25) is 9.59 Å². The van der Waals surface area contributed by atoms with Crippen LogP contribution in [-0.2, 0) is 9.59 Å².